The van der Waals surface area contributed by atoms with Crippen molar-refractivity contribution in [2.24, 2.45) is 0 Å². The highest BCUT2D eigenvalue weighted by molar-refractivity contribution is 7.86. The van der Waals surface area contributed by atoms with E-state index in [1.54, 1.807) is 38.1 Å². The van der Waals surface area contributed by atoms with Gasteiger partial charge in [-0.15, -0.1) is 4.21 Å². The molecule has 0 aliphatic rings. The summed E-state index contributed by atoms with van der Waals surface area (Å²) in [6.45, 7) is 3.33. The van der Waals surface area contributed by atoms with Gasteiger partial charge in [-0.1, -0.05) is 11.6 Å². The maximum absolute atomic E-state index is 11.9. The third-order valence-corrected chi connectivity index (χ3v) is 3.98. The minimum absolute atomic E-state index is 0.604. The van der Waals surface area contributed by atoms with Crippen LogP contribution in [0.3, 0.4) is 0 Å². The van der Waals surface area contributed by atoms with Gasteiger partial charge in [-0.3, -0.25) is 0 Å². The van der Waals surface area contributed by atoms with E-state index in [9.17, 15) is 4.21 Å². The second-order valence-electron chi connectivity index (χ2n) is 3.44. The minimum atomic E-state index is -1.70. The Kier molecular flexibility index (Phi) is 3.30. The molecule has 1 rings (SSSR count). The van der Waals surface area contributed by atoms with E-state index in [0.717, 1.165) is 0 Å². The molecule has 0 aliphatic carbocycles. The number of benzene rings is 1. The summed E-state index contributed by atoms with van der Waals surface area (Å²) in [5.41, 5.74) is 0. The van der Waals surface area contributed by atoms with Gasteiger partial charge in [0.05, 0.1) is 0 Å². The Balaban J connectivity index is 3.03. The zero-order valence-corrected chi connectivity index (χ0v) is 9.64. The lowest BCUT2D eigenvalue weighted by Gasteiger charge is -2.07. The monoisotopic (exact) mass is 228 g/mol. The molecule has 1 aromatic rings. The smallest absolute Gasteiger partial charge is 0.192 e. The van der Waals surface area contributed by atoms with Crippen molar-refractivity contribution in [3.63, 3.8) is 0 Å². The summed E-state index contributed by atoms with van der Waals surface area (Å²) in [5.74, 6) is 0. The van der Waals surface area contributed by atoms with Crippen molar-refractivity contribution in [2.75, 3.05) is 0 Å². The third kappa shape index (κ3) is 2.34. The number of halogens is 1. The second kappa shape index (κ2) is 4.12. The third-order valence-electron chi connectivity index (χ3n) is 1.84. The average molecular weight is 229 g/mol. The van der Waals surface area contributed by atoms with Crippen LogP contribution in [0.4, 0.5) is 0 Å². The zero-order chi connectivity index (χ0) is 10.8. The van der Waals surface area contributed by atoms with Gasteiger partial charge in [-0.2, -0.15) is 5.26 Å². The van der Waals surface area contributed by atoms with Gasteiger partial charge >= 0.3 is 0 Å². The quantitative estimate of drug-likeness (QED) is 0.577. The zero-order valence-electron chi connectivity index (χ0n) is 7.99. The van der Waals surface area contributed by atoms with Gasteiger partial charge in [0, 0.05) is 5.02 Å². The molecule has 1 unspecified atom stereocenters. The largest absolute Gasteiger partial charge is 0.213 e. The van der Waals surface area contributed by atoms with Crippen LogP contribution in [0.25, 0.3) is 0 Å². The molecular weight excluding hydrogens is 218 g/mol. The SMILES string of the molecule is CC(C)(C#N)[SH+](=O)c1ccc(Cl)cc1. The molecule has 0 radical (unpaired) electrons. The van der Waals surface area contributed by atoms with Crippen LogP contribution in [0.1, 0.15) is 13.8 Å². The van der Waals surface area contributed by atoms with Gasteiger partial charge in [0.1, 0.15) is 16.9 Å². The molecule has 0 aromatic heterocycles. The van der Waals surface area contributed by atoms with E-state index < -0.39 is 15.5 Å². The van der Waals surface area contributed by atoms with Crippen molar-refractivity contribution in [1.29, 1.82) is 5.26 Å². The Morgan fingerprint density at radius 3 is 2.29 bits per heavy atom. The van der Waals surface area contributed by atoms with Gasteiger partial charge < -0.3 is 0 Å². The highest BCUT2D eigenvalue weighted by Gasteiger charge is 2.33. The Morgan fingerprint density at radius 1 is 1.36 bits per heavy atom. The summed E-state index contributed by atoms with van der Waals surface area (Å²) >= 11 is 5.70. The first-order valence-corrected chi connectivity index (χ1v) is 5.75. The standard InChI is InChI=1S/C10H10ClNOS/c1-10(2,7-12)14(13)9-5-3-8(11)4-6-9/h3-6H,1-2H3/p+1. The van der Waals surface area contributed by atoms with Gasteiger partial charge in [-0.25, -0.2) is 0 Å². The summed E-state index contributed by atoms with van der Waals surface area (Å²) in [6.07, 6.45) is 0. The summed E-state index contributed by atoms with van der Waals surface area (Å²) in [7, 11) is -1.70. The van der Waals surface area contributed by atoms with E-state index >= 15 is 0 Å². The molecule has 0 heterocycles. The first-order valence-electron chi connectivity index (χ1n) is 4.11. The molecular formula is C10H11ClNOS+. The predicted molar refractivity (Wildman–Crippen MR) is 58.9 cm³/mol. The molecule has 0 saturated heterocycles. The van der Waals surface area contributed by atoms with Crippen LogP contribution in [0.5, 0.6) is 0 Å². The van der Waals surface area contributed by atoms with Crippen LogP contribution in [0.15, 0.2) is 29.2 Å². The van der Waals surface area contributed by atoms with Crippen molar-refractivity contribution in [3.05, 3.63) is 29.3 Å². The lowest BCUT2D eigenvalue weighted by atomic mass is 10.2. The molecule has 0 aliphatic heterocycles. The van der Waals surface area contributed by atoms with Crippen molar-refractivity contribution in [2.45, 2.75) is 23.5 Å². The molecule has 0 fully saturated rings. The normalized spacial score (nSPS) is 13.3. The molecule has 0 bridgehead atoms. The van der Waals surface area contributed by atoms with E-state index in [1.165, 1.54) is 0 Å². The van der Waals surface area contributed by atoms with E-state index in [-0.39, 0.29) is 0 Å². The van der Waals surface area contributed by atoms with E-state index in [2.05, 4.69) is 0 Å². The van der Waals surface area contributed by atoms with Gasteiger partial charge in [0.2, 0.25) is 4.75 Å². The second-order valence-corrected chi connectivity index (χ2v) is 6.10. The predicted octanol–water partition coefficient (Wildman–Crippen LogP) is 2.70. The molecule has 14 heavy (non-hydrogen) atoms. The average Bonchev–Trinajstić information content (AvgIpc) is 2.18. The molecule has 1 atom stereocenters. The number of rotatable bonds is 2. The summed E-state index contributed by atoms with van der Waals surface area (Å²) in [4.78, 5) is 0.663. The van der Waals surface area contributed by atoms with Gasteiger partial charge in [0.15, 0.2) is 4.90 Å². The fraction of sp³-hybridized carbons (Fsp3) is 0.300. The topological polar surface area (TPSA) is 40.9 Å². The lowest BCUT2D eigenvalue weighted by molar-refractivity contribution is 0.583. The maximum atomic E-state index is 11.9. The number of hydrogen-bond acceptors (Lipinski definition) is 2. The van der Waals surface area contributed by atoms with Crippen LogP contribution in [-0.4, -0.2) is 4.75 Å². The first-order chi connectivity index (χ1) is 6.47. The minimum Gasteiger partial charge on any atom is -0.192 e. The van der Waals surface area contributed by atoms with Gasteiger partial charge in [0.25, 0.3) is 0 Å². The fourth-order valence-electron chi connectivity index (χ4n) is 0.945. The van der Waals surface area contributed by atoms with Gasteiger partial charge in [-0.05, 0) is 38.1 Å². The van der Waals surface area contributed by atoms with Crippen molar-refractivity contribution in [3.8, 4) is 6.07 Å². The van der Waals surface area contributed by atoms with Crippen LogP contribution in [0, 0.1) is 11.3 Å². The fourth-order valence-corrected chi connectivity index (χ4v) is 2.23. The van der Waals surface area contributed by atoms with E-state index in [4.69, 9.17) is 16.9 Å². The molecule has 1 aromatic carbocycles. The highest BCUT2D eigenvalue weighted by atomic mass is 35.5. The summed E-state index contributed by atoms with van der Waals surface area (Å²) in [6, 6.07) is 8.78. The van der Waals surface area contributed by atoms with Crippen molar-refractivity contribution >= 4 is 22.4 Å². The molecule has 0 spiro atoms. The molecule has 0 amide bonds. The Bertz CT molecular complexity index is 392. The lowest BCUT2D eigenvalue weighted by Crippen LogP contribution is -2.23. The molecule has 0 saturated carbocycles. The Labute approximate surface area is 91.0 Å². The molecule has 74 valence electrons. The number of hydrogen-bond donors (Lipinski definition) is 0. The molecule has 4 heteroatoms. The van der Waals surface area contributed by atoms with E-state index in [1.807, 2.05) is 6.07 Å². The molecule has 0 N–H and O–H groups in total. The van der Waals surface area contributed by atoms with E-state index in [0.29, 0.717) is 9.92 Å². The Morgan fingerprint density at radius 2 is 1.86 bits per heavy atom. The Hall–Kier alpha value is -0.850. The number of nitrogens with zero attached hydrogens (tertiary/aromatic N) is 1. The highest BCUT2D eigenvalue weighted by Crippen LogP contribution is 2.21. The summed E-state index contributed by atoms with van der Waals surface area (Å²) in [5, 5.41) is 9.42. The van der Waals surface area contributed by atoms with Crippen molar-refractivity contribution in [1.82, 2.24) is 0 Å². The molecule has 2 nitrogen and oxygen atoms in total. The van der Waals surface area contributed by atoms with Crippen molar-refractivity contribution < 1.29 is 4.21 Å². The maximum Gasteiger partial charge on any atom is 0.213 e. The van der Waals surface area contributed by atoms with Crippen LogP contribution in [-0.2, 0) is 15.0 Å². The number of nitriles is 1. The van der Waals surface area contributed by atoms with Crippen LogP contribution < -0.4 is 0 Å². The number of thiol groups is 1. The first kappa shape index (κ1) is 11.2. The van der Waals surface area contributed by atoms with Crippen LogP contribution >= 0.6 is 11.6 Å². The summed E-state index contributed by atoms with van der Waals surface area (Å²) < 4.78 is 11.1. The van der Waals surface area contributed by atoms with Crippen LogP contribution in [0.2, 0.25) is 5.02 Å².